The molecule has 0 aliphatic heterocycles. The lowest BCUT2D eigenvalue weighted by atomic mass is 9.99. The molecule has 0 bridgehead atoms. The average molecular weight is 242 g/mol. The van der Waals surface area contributed by atoms with Crippen LogP contribution in [0.3, 0.4) is 0 Å². The van der Waals surface area contributed by atoms with E-state index >= 15 is 0 Å². The van der Waals surface area contributed by atoms with Gasteiger partial charge >= 0.3 is 0 Å². The Morgan fingerprint density at radius 3 is 2.18 bits per heavy atom. The van der Waals surface area contributed by atoms with Crippen molar-refractivity contribution in [2.24, 2.45) is 5.92 Å². The molecule has 2 heteroatoms. The zero-order valence-corrected chi connectivity index (χ0v) is 12.9. The minimum Gasteiger partial charge on any atom is -0.313 e. The minimum atomic E-state index is 0.225. The molecule has 0 aliphatic rings. The first-order valence-corrected chi connectivity index (χ1v) is 7.37. The van der Waals surface area contributed by atoms with Gasteiger partial charge in [0.1, 0.15) is 0 Å². The Kier molecular flexibility index (Phi) is 8.89. The lowest BCUT2D eigenvalue weighted by Gasteiger charge is -2.25. The second-order valence-corrected chi connectivity index (χ2v) is 6.36. The van der Waals surface area contributed by atoms with Crippen LogP contribution in [0.1, 0.15) is 67.2 Å². The summed E-state index contributed by atoms with van der Waals surface area (Å²) in [6.07, 6.45) is 5.36. The van der Waals surface area contributed by atoms with Crippen LogP contribution in [0.2, 0.25) is 0 Å². The highest BCUT2D eigenvalue weighted by molar-refractivity contribution is 4.75. The highest BCUT2D eigenvalue weighted by atomic mass is 15.0. The standard InChI is InChI=1S/C15H34N2/c1-7-9-10-14(8-2)12-16-13(3)11-17-15(4,5)6/h13-14,16-17H,7-12H2,1-6H3. The molecule has 0 heterocycles. The largest absolute Gasteiger partial charge is 0.313 e. The molecule has 0 saturated carbocycles. The first-order chi connectivity index (χ1) is 7.89. The molecular weight excluding hydrogens is 208 g/mol. The molecule has 2 nitrogen and oxygen atoms in total. The number of nitrogens with one attached hydrogen (secondary N) is 2. The summed E-state index contributed by atoms with van der Waals surface area (Å²) in [4.78, 5) is 0. The van der Waals surface area contributed by atoms with E-state index in [-0.39, 0.29) is 5.54 Å². The maximum absolute atomic E-state index is 3.65. The average Bonchev–Trinajstić information content (AvgIpc) is 2.25. The Morgan fingerprint density at radius 2 is 1.71 bits per heavy atom. The van der Waals surface area contributed by atoms with Crippen molar-refractivity contribution in [2.45, 2.75) is 78.8 Å². The lowest BCUT2D eigenvalue weighted by Crippen LogP contribution is -2.45. The van der Waals surface area contributed by atoms with Crippen LogP contribution in [0.5, 0.6) is 0 Å². The van der Waals surface area contributed by atoms with E-state index in [2.05, 4.69) is 52.2 Å². The smallest absolute Gasteiger partial charge is 0.0164 e. The van der Waals surface area contributed by atoms with Gasteiger partial charge in [-0.3, -0.25) is 0 Å². The third kappa shape index (κ3) is 10.8. The van der Waals surface area contributed by atoms with Crippen LogP contribution in [0.25, 0.3) is 0 Å². The molecule has 2 N–H and O–H groups in total. The number of hydrogen-bond donors (Lipinski definition) is 2. The van der Waals surface area contributed by atoms with E-state index in [4.69, 9.17) is 0 Å². The van der Waals surface area contributed by atoms with E-state index in [1.807, 2.05) is 0 Å². The summed E-state index contributed by atoms with van der Waals surface area (Å²) in [6.45, 7) is 15.7. The summed E-state index contributed by atoms with van der Waals surface area (Å²) >= 11 is 0. The van der Waals surface area contributed by atoms with Crippen molar-refractivity contribution >= 4 is 0 Å². The summed E-state index contributed by atoms with van der Waals surface area (Å²) in [5, 5.41) is 7.20. The van der Waals surface area contributed by atoms with E-state index in [0.717, 1.165) is 12.5 Å². The van der Waals surface area contributed by atoms with Crippen molar-refractivity contribution in [1.29, 1.82) is 0 Å². The van der Waals surface area contributed by atoms with Crippen molar-refractivity contribution in [3.63, 3.8) is 0 Å². The van der Waals surface area contributed by atoms with Crippen LogP contribution in [-0.2, 0) is 0 Å². The molecule has 0 fully saturated rings. The van der Waals surface area contributed by atoms with Gasteiger partial charge in [0.05, 0.1) is 0 Å². The van der Waals surface area contributed by atoms with E-state index < -0.39 is 0 Å². The van der Waals surface area contributed by atoms with Crippen LogP contribution in [0.4, 0.5) is 0 Å². The molecule has 0 saturated heterocycles. The van der Waals surface area contributed by atoms with E-state index in [9.17, 15) is 0 Å². The predicted molar refractivity (Wildman–Crippen MR) is 78.5 cm³/mol. The van der Waals surface area contributed by atoms with Crippen molar-refractivity contribution in [3.05, 3.63) is 0 Å². The molecule has 2 atom stereocenters. The fourth-order valence-electron chi connectivity index (χ4n) is 1.84. The fourth-order valence-corrected chi connectivity index (χ4v) is 1.84. The van der Waals surface area contributed by atoms with Gasteiger partial charge in [-0.1, -0.05) is 33.1 Å². The molecule has 0 rings (SSSR count). The van der Waals surface area contributed by atoms with Crippen LogP contribution < -0.4 is 10.6 Å². The van der Waals surface area contributed by atoms with Crippen molar-refractivity contribution in [3.8, 4) is 0 Å². The van der Waals surface area contributed by atoms with Crippen molar-refractivity contribution < 1.29 is 0 Å². The Bertz CT molecular complexity index is 172. The molecule has 0 radical (unpaired) electrons. The van der Waals surface area contributed by atoms with Gasteiger partial charge in [0.15, 0.2) is 0 Å². The van der Waals surface area contributed by atoms with Gasteiger partial charge in [0.2, 0.25) is 0 Å². The van der Waals surface area contributed by atoms with Gasteiger partial charge in [-0.15, -0.1) is 0 Å². The zero-order valence-electron chi connectivity index (χ0n) is 12.9. The summed E-state index contributed by atoms with van der Waals surface area (Å²) in [7, 11) is 0. The van der Waals surface area contributed by atoms with Crippen LogP contribution >= 0.6 is 0 Å². The van der Waals surface area contributed by atoms with Gasteiger partial charge in [-0.2, -0.15) is 0 Å². The zero-order chi connectivity index (χ0) is 13.3. The predicted octanol–water partition coefficient (Wildman–Crippen LogP) is 3.57. The Balaban J connectivity index is 3.69. The summed E-state index contributed by atoms with van der Waals surface area (Å²) in [5.74, 6) is 0.854. The lowest BCUT2D eigenvalue weighted by molar-refractivity contribution is 0.357. The minimum absolute atomic E-state index is 0.225. The normalized spacial score (nSPS) is 15.9. The molecular formula is C15H34N2. The summed E-state index contributed by atoms with van der Waals surface area (Å²) < 4.78 is 0. The van der Waals surface area contributed by atoms with E-state index in [1.54, 1.807) is 0 Å². The van der Waals surface area contributed by atoms with Crippen molar-refractivity contribution in [1.82, 2.24) is 10.6 Å². The molecule has 0 aliphatic carbocycles. The van der Waals surface area contributed by atoms with Gasteiger partial charge in [0.25, 0.3) is 0 Å². The molecule has 0 aromatic heterocycles. The maximum Gasteiger partial charge on any atom is 0.0164 e. The van der Waals surface area contributed by atoms with E-state index in [0.29, 0.717) is 6.04 Å². The number of hydrogen-bond acceptors (Lipinski definition) is 2. The number of rotatable bonds is 9. The maximum atomic E-state index is 3.65. The quantitative estimate of drug-likeness (QED) is 0.646. The number of unbranched alkanes of at least 4 members (excludes halogenated alkanes) is 1. The Labute approximate surface area is 109 Å². The summed E-state index contributed by atoms with van der Waals surface area (Å²) in [6, 6.07) is 0.560. The Morgan fingerprint density at radius 1 is 1.06 bits per heavy atom. The molecule has 0 aromatic rings. The van der Waals surface area contributed by atoms with Crippen LogP contribution in [-0.4, -0.2) is 24.7 Å². The molecule has 0 aromatic carbocycles. The Hall–Kier alpha value is -0.0800. The van der Waals surface area contributed by atoms with Crippen molar-refractivity contribution in [2.75, 3.05) is 13.1 Å². The van der Waals surface area contributed by atoms with Gasteiger partial charge in [-0.25, -0.2) is 0 Å². The second kappa shape index (κ2) is 8.93. The highest BCUT2D eigenvalue weighted by Crippen LogP contribution is 2.11. The van der Waals surface area contributed by atoms with E-state index in [1.165, 1.54) is 32.2 Å². The monoisotopic (exact) mass is 242 g/mol. The van der Waals surface area contributed by atoms with Crippen LogP contribution in [0, 0.1) is 5.92 Å². The molecule has 104 valence electrons. The van der Waals surface area contributed by atoms with Gasteiger partial charge in [-0.05, 0) is 46.6 Å². The SMILES string of the molecule is CCCCC(CC)CNC(C)CNC(C)(C)C. The first kappa shape index (κ1) is 16.9. The molecule has 0 amide bonds. The van der Waals surface area contributed by atoms with Gasteiger partial charge in [0, 0.05) is 18.1 Å². The first-order valence-electron chi connectivity index (χ1n) is 7.37. The second-order valence-electron chi connectivity index (χ2n) is 6.36. The fraction of sp³-hybridized carbons (Fsp3) is 1.00. The molecule has 17 heavy (non-hydrogen) atoms. The third-order valence-corrected chi connectivity index (χ3v) is 3.24. The molecule has 0 spiro atoms. The highest BCUT2D eigenvalue weighted by Gasteiger charge is 2.12. The van der Waals surface area contributed by atoms with Gasteiger partial charge < -0.3 is 10.6 Å². The third-order valence-electron chi connectivity index (χ3n) is 3.24. The summed E-state index contributed by atoms with van der Waals surface area (Å²) in [5.41, 5.74) is 0.225. The van der Waals surface area contributed by atoms with Crippen LogP contribution in [0.15, 0.2) is 0 Å². The topological polar surface area (TPSA) is 24.1 Å². The molecule has 2 unspecified atom stereocenters.